The molecule has 4 heterocycles. The van der Waals surface area contributed by atoms with Crippen LogP contribution in [0.3, 0.4) is 0 Å². The second-order valence-corrected chi connectivity index (χ2v) is 8.76. The van der Waals surface area contributed by atoms with Crippen LogP contribution in [-0.4, -0.2) is 31.5 Å². The van der Waals surface area contributed by atoms with Crippen LogP contribution in [0.5, 0.6) is 0 Å². The number of rotatable bonds is 3. The molecular formula is C24H21N5O2S. The Bertz CT molecular complexity index is 1360. The first-order valence-electron chi connectivity index (χ1n) is 10.1. The van der Waals surface area contributed by atoms with E-state index in [0.717, 1.165) is 22.6 Å². The van der Waals surface area contributed by atoms with Gasteiger partial charge in [0.2, 0.25) is 5.17 Å². The summed E-state index contributed by atoms with van der Waals surface area (Å²) in [6.45, 7) is 8.25. The van der Waals surface area contributed by atoms with Gasteiger partial charge in [0.25, 0.3) is 5.91 Å². The molecule has 0 saturated carbocycles. The van der Waals surface area contributed by atoms with Crippen molar-refractivity contribution in [2.75, 3.05) is 0 Å². The van der Waals surface area contributed by atoms with Gasteiger partial charge in [0.1, 0.15) is 0 Å². The zero-order valence-electron chi connectivity index (χ0n) is 18.1. The minimum Gasteiger partial charge on any atom is -0.462 e. The van der Waals surface area contributed by atoms with Crippen molar-refractivity contribution in [3.63, 3.8) is 0 Å². The summed E-state index contributed by atoms with van der Waals surface area (Å²) < 4.78 is 7.59. The topological polar surface area (TPSA) is 86.9 Å². The summed E-state index contributed by atoms with van der Waals surface area (Å²) in [6.07, 6.45) is 3.30. The lowest BCUT2D eigenvalue weighted by Crippen LogP contribution is -2.35. The van der Waals surface area contributed by atoms with Crippen LogP contribution in [0.4, 0.5) is 0 Å². The number of fused-ring (bicyclic) bond motifs is 1. The molecule has 0 unspecified atom stereocenters. The summed E-state index contributed by atoms with van der Waals surface area (Å²) in [5.74, 6) is 0.141. The maximum atomic E-state index is 12.8. The molecule has 1 amide bonds. The molecule has 3 aromatic rings. The van der Waals surface area contributed by atoms with Crippen molar-refractivity contribution < 1.29 is 9.21 Å². The Balaban J connectivity index is 1.56. The van der Waals surface area contributed by atoms with Crippen molar-refractivity contribution in [3.8, 4) is 5.69 Å². The molecule has 0 bridgehead atoms. The van der Waals surface area contributed by atoms with E-state index in [4.69, 9.17) is 9.83 Å². The van der Waals surface area contributed by atoms with Crippen LogP contribution >= 0.6 is 11.8 Å². The Morgan fingerprint density at radius 1 is 1.09 bits per heavy atom. The van der Waals surface area contributed by atoms with Crippen molar-refractivity contribution in [3.05, 3.63) is 82.1 Å². The molecule has 7 nitrogen and oxygen atoms in total. The average molecular weight is 444 g/mol. The van der Waals surface area contributed by atoms with E-state index in [1.807, 2.05) is 26.0 Å². The van der Waals surface area contributed by atoms with Crippen LogP contribution < -0.4 is 0 Å². The van der Waals surface area contributed by atoms with E-state index in [9.17, 15) is 4.79 Å². The molecule has 0 spiro atoms. The van der Waals surface area contributed by atoms with Gasteiger partial charge in [-0.2, -0.15) is 15.1 Å². The van der Waals surface area contributed by atoms with Crippen molar-refractivity contribution in [1.82, 2.24) is 9.58 Å². The van der Waals surface area contributed by atoms with Gasteiger partial charge < -0.3 is 8.98 Å². The Morgan fingerprint density at radius 2 is 1.84 bits per heavy atom. The van der Waals surface area contributed by atoms with Gasteiger partial charge in [0.05, 0.1) is 17.5 Å². The zero-order valence-corrected chi connectivity index (χ0v) is 18.9. The molecule has 0 radical (unpaired) electrons. The third kappa shape index (κ3) is 3.15. The van der Waals surface area contributed by atoms with Crippen LogP contribution in [0.2, 0.25) is 0 Å². The van der Waals surface area contributed by atoms with Gasteiger partial charge in [0.15, 0.2) is 16.6 Å². The van der Waals surface area contributed by atoms with E-state index < -0.39 is 5.91 Å². The van der Waals surface area contributed by atoms with E-state index >= 15 is 0 Å². The molecule has 2 aliphatic rings. The number of amides is 1. The number of hydrazone groups is 1. The van der Waals surface area contributed by atoms with Gasteiger partial charge >= 0.3 is 0 Å². The second-order valence-electron chi connectivity index (χ2n) is 7.80. The number of carbonyl (C=O) groups excluding carboxylic acids is 1. The number of nitrogens with zero attached hydrogens (tertiary/aromatic N) is 4. The molecule has 0 atom stereocenters. The van der Waals surface area contributed by atoms with Crippen molar-refractivity contribution >= 4 is 39.8 Å². The highest BCUT2D eigenvalue weighted by Gasteiger charge is 2.36. The maximum Gasteiger partial charge on any atom is 0.283 e. The highest BCUT2D eigenvalue weighted by molar-refractivity contribution is 8.27. The minimum atomic E-state index is -0.443. The van der Waals surface area contributed by atoms with Crippen molar-refractivity contribution in [2.45, 2.75) is 27.7 Å². The highest BCUT2D eigenvalue weighted by atomic mass is 32.2. The number of hydrogen-bond donors (Lipinski definition) is 1. The number of carbonyl (C=O) groups is 1. The number of aromatic nitrogens is 1. The number of hydrogen-bond acceptors (Lipinski definition) is 5. The minimum absolute atomic E-state index is 0.00549. The molecule has 0 fully saturated rings. The van der Waals surface area contributed by atoms with Crippen molar-refractivity contribution in [2.24, 2.45) is 10.1 Å². The van der Waals surface area contributed by atoms with Crippen LogP contribution in [0.25, 0.3) is 11.8 Å². The number of aryl methyl sites for hydroxylation is 3. The third-order valence-corrected chi connectivity index (χ3v) is 6.54. The van der Waals surface area contributed by atoms with Gasteiger partial charge in [-0.1, -0.05) is 18.2 Å². The molecule has 160 valence electrons. The number of para-hydroxylation sites is 1. The third-order valence-electron chi connectivity index (χ3n) is 5.62. The molecule has 8 heteroatoms. The van der Waals surface area contributed by atoms with Gasteiger partial charge in [-0.25, -0.2) is 0 Å². The molecule has 2 aliphatic heterocycles. The van der Waals surface area contributed by atoms with Crippen LogP contribution in [0, 0.1) is 33.1 Å². The maximum absolute atomic E-state index is 12.8. The fourth-order valence-corrected chi connectivity index (χ4v) is 4.94. The predicted octanol–water partition coefficient (Wildman–Crippen LogP) is 4.97. The predicted molar refractivity (Wildman–Crippen MR) is 128 cm³/mol. The average Bonchev–Trinajstić information content (AvgIpc) is 3.47. The largest absolute Gasteiger partial charge is 0.462 e. The van der Waals surface area contributed by atoms with E-state index in [1.165, 1.54) is 27.9 Å². The van der Waals surface area contributed by atoms with E-state index in [2.05, 4.69) is 40.6 Å². The number of nitrogens with one attached hydrogen (secondary N) is 1. The lowest BCUT2D eigenvalue weighted by atomic mass is 10.1. The number of thioether (sulfide) groups is 1. The summed E-state index contributed by atoms with van der Waals surface area (Å²) >= 11 is 1.22. The molecule has 2 aromatic heterocycles. The summed E-state index contributed by atoms with van der Waals surface area (Å²) in [6, 6.07) is 11.8. The first kappa shape index (κ1) is 20.3. The summed E-state index contributed by atoms with van der Waals surface area (Å²) in [4.78, 5) is 17.0. The molecule has 1 aromatic carbocycles. The lowest BCUT2D eigenvalue weighted by Gasteiger charge is -2.20. The fraction of sp³-hybridized carbons (Fsp3) is 0.167. The molecule has 5 rings (SSSR count). The van der Waals surface area contributed by atoms with Gasteiger partial charge in [-0.3, -0.25) is 10.2 Å². The standard InChI is InChI=1S/C24H21N5O2S/c1-13-7-5-8-14(2)20(13)28-15(3)11-17(16(28)4)12-18-21(25)29-24(26-22(18)30)32-23(27-29)19-9-6-10-31-19/h5-12,25H,1-4H3/b18-12+,25-21?. The molecule has 32 heavy (non-hydrogen) atoms. The lowest BCUT2D eigenvalue weighted by molar-refractivity contribution is -0.114. The first-order chi connectivity index (χ1) is 15.3. The smallest absolute Gasteiger partial charge is 0.283 e. The SMILES string of the molecule is Cc1cccc(C)c1-n1c(C)cc(/C=C2\C(=N)N3N=C(c4ccco4)SC3=NC2=O)c1C. The van der Waals surface area contributed by atoms with Gasteiger partial charge in [-0.05, 0) is 80.4 Å². The Labute approximate surface area is 189 Å². The Morgan fingerprint density at radius 3 is 2.53 bits per heavy atom. The van der Waals surface area contributed by atoms with Gasteiger partial charge in [-0.15, -0.1) is 0 Å². The number of amidine groups is 2. The van der Waals surface area contributed by atoms with Crippen molar-refractivity contribution in [1.29, 1.82) is 5.41 Å². The van der Waals surface area contributed by atoms with E-state index in [0.29, 0.717) is 16.0 Å². The van der Waals surface area contributed by atoms with E-state index in [1.54, 1.807) is 24.5 Å². The Kier molecular flexibility index (Phi) is 4.74. The highest BCUT2D eigenvalue weighted by Crippen LogP contribution is 2.32. The van der Waals surface area contributed by atoms with Gasteiger partial charge in [0, 0.05) is 11.4 Å². The zero-order chi connectivity index (χ0) is 22.6. The van der Waals surface area contributed by atoms with Crippen LogP contribution in [-0.2, 0) is 4.79 Å². The molecule has 0 aliphatic carbocycles. The van der Waals surface area contributed by atoms with E-state index in [-0.39, 0.29) is 11.4 Å². The molecular weight excluding hydrogens is 422 g/mol. The summed E-state index contributed by atoms with van der Waals surface area (Å²) in [7, 11) is 0. The molecule has 1 N–H and O–H groups in total. The monoisotopic (exact) mass is 443 g/mol. The number of furan rings is 1. The Hall–Kier alpha value is -3.65. The van der Waals surface area contributed by atoms with Crippen LogP contribution in [0.15, 0.2) is 62.7 Å². The first-order valence-corrected chi connectivity index (χ1v) is 11.0. The molecule has 0 saturated heterocycles. The summed E-state index contributed by atoms with van der Waals surface area (Å²) in [5, 5.41) is 15.4. The number of benzene rings is 1. The fourth-order valence-electron chi connectivity index (χ4n) is 4.08. The second kappa shape index (κ2) is 7.49. The quantitative estimate of drug-likeness (QED) is 0.579. The van der Waals surface area contributed by atoms with Crippen LogP contribution in [0.1, 0.15) is 33.8 Å². The normalized spacial score (nSPS) is 17.1. The summed E-state index contributed by atoms with van der Waals surface area (Å²) in [5.41, 5.74) is 6.63. The number of aliphatic imine (C=N–C) groups is 1.